The largest absolute Gasteiger partial charge is 0.418 e. The van der Waals surface area contributed by atoms with Gasteiger partial charge in [0.25, 0.3) is 5.69 Å². The number of nitro groups is 1. The fraction of sp³-hybridized carbons (Fsp3) is 0.588. The van der Waals surface area contributed by atoms with Gasteiger partial charge in [-0.05, 0) is 19.4 Å². The van der Waals surface area contributed by atoms with Crippen molar-refractivity contribution >= 4 is 17.3 Å². The minimum Gasteiger partial charge on any atom is -0.368 e. The van der Waals surface area contributed by atoms with Crippen LogP contribution < -0.4 is 10.2 Å². The van der Waals surface area contributed by atoms with E-state index in [1.807, 2.05) is 18.7 Å². The second kappa shape index (κ2) is 8.55. The number of carbonyl (C=O) groups is 1. The third kappa shape index (κ3) is 5.56. The van der Waals surface area contributed by atoms with Crippen molar-refractivity contribution in [3.05, 3.63) is 33.9 Å². The van der Waals surface area contributed by atoms with Crippen LogP contribution in [-0.2, 0) is 11.0 Å². The number of benzene rings is 1. The third-order valence-corrected chi connectivity index (χ3v) is 4.60. The zero-order chi connectivity index (χ0) is 20.2. The van der Waals surface area contributed by atoms with Crippen molar-refractivity contribution in [2.45, 2.75) is 32.5 Å². The number of anilines is 1. The van der Waals surface area contributed by atoms with Crippen LogP contribution in [0.1, 0.15) is 25.8 Å². The molecule has 1 fully saturated rings. The molecule has 1 atom stereocenters. The summed E-state index contributed by atoms with van der Waals surface area (Å²) in [5.74, 6) is -0.107. The Balaban J connectivity index is 2.05. The molecule has 0 radical (unpaired) electrons. The standard InChI is InChI=1S/C17H23F3N4O3/c1-3-12(2)21-16(25)11-22-6-8-23(9-7-22)15-5-4-13(24(26)27)10-14(15)17(18,19)20/h4-5,10,12H,3,6-9,11H2,1-2H3,(H,21,25). The van der Waals surface area contributed by atoms with Gasteiger partial charge in [-0.15, -0.1) is 0 Å². The van der Waals surface area contributed by atoms with Gasteiger partial charge < -0.3 is 10.2 Å². The predicted octanol–water partition coefficient (Wildman–Crippen LogP) is 2.65. The van der Waals surface area contributed by atoms with E-state index in [2.05, 4.69) is 5.32 Å². The highest BCUT2D eigenvalue weighted by molar-refractivity contribution is 5.78. The summed E-state index contributed by atoms with van der Waals surface area (Å²) in [4.78, 5) is 25.3. The fourth-order valence-corrected chi connectivity index (χ4v) is 2.91. The monoisotopic (exact) mass is 388 g/mol. The summed E-state index contributed by atoms with van der Waals surface area (Å²) in [5, 5.41) is 13.7. The number of nitrogens with one attached hydrogen (secondary N) is 1. The maximum atomic E-state index is 13.3. The molecule has 0 bridgehead atoms. The normalized spacial score (nSPS) is 16.9. The molecule has 10 heteroatoms. The molecule has 1 aromatic carbocycles. The van der Waals surface area contributed by atoms with E-state index < -0.39 is 22.4 Å². The Hall–Kier alpha value is -2.36. The third-order valence-electron chi connectivity index (χ3n) is 4.60. The molecule has 150 valence electrons. The zero-order valence-corrected chi connectivity index (χ0v) is 15.3. The number of rotatable bonds is 6. The van der Waals surface area contributed by atoms with E-state index in [1.165, 1.54) is 0 Å². The number of piperazine rings is 1. The Labute approximate surface area is 155 Å². The van der Waals surface area contributed by atoms with Gasteiger partial charge in [0.05, 0.1) is 17.0 Å². The molecular weight excluding hydrogens is 365 g/mol. The number of nitro benzene ring substituents is 1. The van der Waals surface area contributed by atoms with E-state index in [4.69, 9.17) is 0 Å². The molecule has 1 saturated heterocycles. The Morgan fingerprint density at radius 1 is 1.30 bits per heavy atom. The molecule has 7 nitrogen and oxygen atoms in total. The minimum atomic E-state index is -4.69. The van der Waals surface area contributed by atoms with Crippen molar-refractivity contribution in [1.29, 1.82) is 0 Å². The lowest BCUT2D eigenvalue weighted by Gasteiger charge is -2.36. The van der Waals surface area contributed by atoms with E-state index in [-0.39, 0.29) is 24.2 Å². The molecule has 1 amide bonds. The lowest BCUT2D eigenvalue weighted by atomic mass is 10.1. The first-order valence-corrected chi connectivity index (χ1v) is 8.74. The van der Waals surface area contributed by atoms with Crippen molar-refractivity contribution in [3.8, 4) is 0 Å². The Morgan fingerprint density at radius 3 is 2.44 bits per heavy atom. The molecular formula is C17H23F3N4O3. The number of nitrogens with zero attached hydrogens (tertiary/aromatic N) is 3. The molecule has 1 aliphatic heterocycles. The van der Waals surface area contributed by atoms with Crippen LogP contribution in [0.5, 0.6) is 0 Å². The molecule has 0 spiro atoms. The number of hydrogen-bond donors (Lipinski definition) is 1. The second-order valence-corrected chi connectivity index (χ2v) is 6.60. The van der Waals surface area contributed by atoms with Gasteiger partial charge in [0, 0.05) is 50.0 Å². The first kappa shape index (κ1) is 20.9. The van der Waals surface area contributed by atoms with Crippen LogP contribution >= 0.6 is 0 Å². The number of non-ortho nitro benzene ring substituents is 1. The van der Waals surface area contributed by atoms with E-state index in [1.54, 1.807) is 4.90 Å². The van der Waals surface area contributed by atoms with Gasteiger partial charge in [-0.1, -0.05) is 6.92 Å². The summed E-state index contributed by atoms with van der Waals surface area (Å²) in [6, 6.07) is 2.87. The summed E-state index contributed by atoms with van der Waals surface area (Å²) in [6.07, 6.45) is -3.87. The van der Waals surface area contributed by atoms with Gasteiger partial charge in [-0.25, -0.2) is 0 Å². The predicted molar refractivity (Wildman–Crippen MR) is 94.6 cm³/mol. The maximum absolute atomic E-state index is 13.3. The van der Waals surface area contributed by atoms with E-state index >= 15 is 0 Å². The smallest absolute Gasteiger partial charge is 0.368 e. The van der Waals surface area contributed by atoms with Gasteiger partial charge in [-0.2, -0.15) is 13.2 Å². The number of amides is 1. The quantitative estimate of drug-likeness (QED) is 0.599. The van der Waals surface area contributed by atoms with Crippen LogP contribution in [0.15, 0.2) is 18.2 Å². The molecule has 0 aliphatic carbocycles. The first-order chi connectivity index (χ1) is 12.6. The van der Waals surface area contributed by atoms with Crippen LogP contribution in [0.2, 0.25) is 0 Å². The molecule has 1 unspecified atom stereocenters. The van der Waals surface area contributed by atoms with Crippen molar-refractivity contribution in [2.75, 3.05) is 37.6 Å². The Morgan fingerprint density at radius 2 is 1.93 bits per heavy atom. The Bertz CT molecular complexity index is 688. The van der Waals surface area contributed by atoms with Gasteiger partial charge in [0.2, 0.25) is 5.91 Å². The molecule has 1 N–H and O–H groups in total. The van der Waals surface area contributed by atoms with Crippen LogP contribution in [0.3, 0.4) is 0 Å². The molecule has 2 rings (SSSR count). The SMILES string of the molecule is CCC(C)NC(=O)CN1CCN(c2ccc([N+](=O)[O-])cc2C(F)(F)F)CC1. The zero-order valence-electron chi connectivity index (χ0n) is 15.3. The van der Waals surface area contributed by atoms with Crippen molar-refractivity contribution in [3.63, 3.8) is 0 Å². The Kier molecular flexibility index (Phi) is 6.63. The molecule has 27 heavy (non-hydrogen) atoms. The molecule has 1 aliphatic rings. The average molecular weight is 388 g/mol. The van der Waals surface area contributed by atoms with Crippen LogP contribution in [0.4, 0.5) is 24.5 Å². The summed E-state index contributed by atoms with van der Waals surface area (Å²) >= 11 is 0. The lowest BCUT2D eigenvalue weighted by Crippen LogP contribution is -2.50. The second-order valence-electron chi connectivity index (χ2n) is 6.60. The summed E-state index contributed by atoms with van der Waals surface area (Å²) < 4.78 is 40.0. The van der Waals surface area contributed by atoms with Gasteiger partial charge in [-0.3, -0.25) is 19.8 Å². The maximum Gasteiger partial charge on any atom is 0.418 e. The average Bonchev–Trinajstić information content (AvgIpc) is 2.60. The van der Waals surface area contributed by atoms with E-state index in [0.717, 1.165) is 18.6 Å². The van der Waals surface area contributed by atoms with Crippen LogP contribution in [0, 0.1) is 10.1 Å². The highest BCUT2D eigenvalue weighted by atomic mass is 19.4. The van der Waals surface area contributed by atoms with Crippen molar-refractivity contribution in [2.24, 2.45) is 0 Å². The van der Waals surface area contributed by atoms with E-state index in [9.17, 15) is 28.1 Å². The van der Waals surface area contributed by atoms with Gasteiger partial charge in [0.1, 0.15) is 0 Å². The number of alkyl halides is 3. The first-order valence-electron chi connectivity index (χ1n) is 8.74. The van der Waals surface area contributed by atoms with Gasteiger partial charge in [0.15, 0.2) is 0 Å². The highest BCUT2D eigenvalue weighted by Crippen LogP contribution is 2.39. The molecule has 0 saturated carbocycles. The highest BCUT2D eigenvalue weighted by Gasteiger charge is 2.37. The van der Waals surface area contributed by atoms with Crippen molar-refractivity contribution < 1.29 is 22.9 Å². The summed E-state index contributed by atoms with van der Waals surface area (Å²) in [6.45, 7) is 5.54. The van der Waals surface area contributed by atoms with Crippen molar-refractivity contribution in [1.82, 2.24) is 10.2 Å². The molecule has 1 heterocycles. The summed E-state index contributed by atoms with van der Waals surface area (Å²) in [7, 11) is 0. The number of halogens is 3. The van der Waals surface area contributed by atoms with Gasteiger partial charge >= 0.3 is 6.18 Å². The lowest BCUT2D eigenvalue weighted by molar-refractivity contribution is -0.385. The van der Waals surface area contributed by atoms with E-state index in [0.29, 0.717) is 32.2 Å². The fourth-order valence-electron chi connectivity index (χ4n) is 2.91. The summed E-state index contributed by atoms with van der Waals surface area (Å²) in [5.41, 5.74) is -1.68. The van der Waals surface area contributed by atoms with Crippen LogP contribution in [-0.4, -0.2) is 54.5 Å². The number of hydrogen-bond acceptors (Lipinski definition) is 5. The van der Waals surface area contributed by atoms with Crippen LogP contribution in [0.25, 0.3) is 0 Å². The molecule has 0 aromatic heterocycles. The topological polar surface area (TPSA) is 78.7 Å². The minimum absolute atomic E-state index is 0.0724. The molecule has 1 aromatic rings. The number of carbonyl (C=O) groups excluding carboxylic acids is 1.